The van der Waals surface area contributed by atoms with Crippen molar-refractivity contribution in [2.75, 3.05) is 45.2 Å². The van der Waals surface area contributed by atoms with Crippen LogP contribution in [0.15, 0.2) is 17.3 Å². The van der Waals surface area contributed by atoms with Gasteiger partial charge in [0.25, 0.3) is 0 Å². The largest absolute Gasteiger partial charge is 0.382 e. The zero-order valence-electron chi connectivity index (χ0n) is 13.7. The normalized spacial score (nSPS) is 11.4. The highest BCUT2D eigenvalue weighted by Crippen LogP contribution is 2.21. The van der Waals surface area contributed by atoms with E-state index in [4.69, 9.17) is 27.9 Å². The highest BCUT2D eigenvalue weighted by Gasteiger charge is 2.02. The van der Waals surface area contributed by atoms with Gasteiger partial charge in [-0.3, -0.25) is 4.99 Å². The molecule has 0 bridgehead atoms. The number of aliphatic imine (C=N–C) groups is 1. The fraction of sp³-hybridized carbons (Fsp3) is 0.600. The summed E-state index contributed by atoms with van der Waals surface area (Å²) < 4.78 is 5.30. The van der Waals surface area contributed by atoms with Gasteiger partial charge >= 0.3 is 0 Å². The Labute approximate surface area is 148 Å². The molecule has 0 saturated heterocycles. The van der Waals surface area contributed by atoms with Crippen LogP contribution in [0.3, 0.4) is 0 Å². The molecule has 0 aliphatic rings. The van der Waals surface area contributed by atoms with E-state index in [0.29, 0.717) is 29.0 Å². The van der Waals surface area contributed by atoms with Gasteiger partial charge in [0.2, 0.25) is 0 Å². The Morgan fingerprint density at radius 1 is 1.22 bits per heavy atom. The molecule has 1 aromatic rings. The van der Waals surface area contributed by atoms with Crippen molar-refractivity contribution in [3.8, 4) is 0 Å². The van der Waals surface area contributed by atoms with Crippen LogP contribution in [-0.2, 0) is 4.74 Å². The molecule has 0 unspecified atom stereocenters. The number of hydrogen-bond donors (Lipinski definition) is 3. The van der Waals surface area contributed by atoms with Crippen LogP contribution in [0, 0.1) is 0 Å². The Morgan fingerprint density at radius 2 is 2.00 bits per heavy atom. The number of rotatable bonds is 10. The van der Waals surface area contributed by atoms with E-state index in [1.165, 1.54) is 0 Å². The maximum absolute atomic E-state index is 6.04. The average molecular weight is 362 g/mol. The molecule has 1 aromatic heterocycles. The summed E-state index contributed by atoms with van der Waals surface area (Å²) in [4.78, 5) is 8.31. The fourth-order valence-electron chi connectivity index (χ4n) is 1.81. The van der Waals surface area contributed by atoms with Crippen molar-refractivity contribution in [3.63, 3.8) is 0 Å². The summed E-state index contributed by atoms with van der Waals surface area (Å²) in [6.45, 7) is 5.81. The summed E-state index contributed by atoms with van der Waals surface area (Å²) in [7, 11) is 1.75. The Bertz CT molecular complexity index is 485. The molecule has 23 heavy (non-hydrogen) atoms. The van der Waals surface area contributed by atoms with Crippen molar-refractivity contribution in [1.29, 1.82) is 0 Å². The maximum Gasteiger partial charge on any atom is 0.191 e. The third-order valence-corrected chi connectivity index (χ3v) is 3.45. The molecule has 0 aliphatic heterocycles. The van der Waals surface area contributed by atoms with E-state index in [2.05, 4.69) is 25.9 Å². The number of aromatic nitrogens is 1. The number of ether oxygens (including phenoxy) is 1. The Balaban J connectivity index is 2.15. The number of halogens is 2. The van der Waals surface area contributed by atoms with Gasteiger partial charge in [0.05, 0.1) is 10.0 Å². The predicted octanol–water partition coefficient (Wildman–Crippen LogP) is 2.78. The predicted molar refractivity (Wildman–Crippen MR) is 97.8 cm³/mol. The summed E-state index contributed by atoms with van der Waals surface area (Å²) in [5.41, 5.74) is 0. The van der Waals surface area contributed by atoms with E-state index in [-0.39, 0.29) is 0 Å². The number of anilines is 1. The monoisotopic (exact) mass is 361 g/mol. The van der Waals surface area contributed by atoms with Gasteiger partial charge in [-0.25, -0.2) is 4.98 Å². The molecule has 0 fully saturated rings. The van der Waals surface area contributed by atoms with Gasteiger partial charge < -0.3 is 20.7 Å². The number of hydrogen-bond acceptors (Lipinski definition) is 4. The van der Waals surface area contributed by atoms with E-state index >= 15 is 0 Å². The minimum absolute atomic E-state index is 0.509. The molecule has 0 spiro atoms. The van der Waals surface area contributed by atoms with Gasteiger partial charge in [0.1, 0.15) is 5.82 Å². The van der Waals surface area contributed by atoms with E-state index in [0.717, 1.165) is 38.6 Å². The van der Waals surface area contributed by atoms with E-state index in [9.17, 15) is 0 Å². The van der Waals surface area contributed by atoms with E-state index in [1.54, 1.807) is 19.3 Å². The lowest BCUT2D eigenvalue weighted by Gasteiger charge is -2.13. The molecule has 0 atom stereocenters. The number of pyridine rings is 1. The van der Waals surface area contributed by atoms with Crippen LogP contribution in [0.1, 0.15) is 19.8 Å². The van der Waals surface area contributed by atoms with Crippen molar-refractivity contribution >= 4 is 35.0 Å². The van der Waals surface area contributed by atoms with Gasteiger partial charge in [-0.15, -0.1) is 0 Å². The van der Waals surface area contributed by atoms with E-state index in [1.807, 2.05) is 6.92 Å². The second-order valence-electron chi connectivity index (χ2n) is 4.74. The first-order valence-corrected chi connectivity index (χ1v) is 8.50. The Kier molecular flexibility index (Phi) is 10.5. The van der Waals surface area contributed by atoms with Crippen LogP contribution in [0.4, 0.5) is 5.82 Å². The molecule has 0 amide bonds. The van der Waals surface area contributed by atoms with Crippen LogP contribution in [0.2, 0.25) is 10.0 Å². The smallest absolute Gasteiger partial charge is 0.191 e. The molecule has 3 N–H and O–H groups in total. The summed E-state index contributed by atoms with van der Waals surface area (Å²) in [5.74, 6) is 1.40. The SMILES string of the molecule is CCOCCCCNC(=NC)NCCNc1ncc(Cl)cc1Cl. The van der Waals surface area contributed by atoms with Crippen molar-refractivity contribution in [1.82, 2.24) is 15.6 Å². The van der Waals surface area contributed by atoms with E-state index < -0.39 is 0 Å². The topological polar surface area (TPSA) is 70.6 Å². The number of guanidine groups is 1. The van der Waals surface area contributed by atoms with Gasteiger partial charge in [-0.05, 0) is 25.8 Å². The first-order chi connectivity index (χ1) is 11.2. The van der Waals surface area contributed by atoms with Crippen LogP contribution in [-0.4, -0.2) is 50.8 Å². The minimum Gasteiger partial charge on any atom is -0.382 e. The highest BCUT2D eigenvalue weighted by atomic mass is 35.5. The standard InChI is InChI=1S/C15H25Cl2N5O/c1-3-23-9-5-4-6-20-15(18-2)21-8-7-19-14-13(17)10-12(16)11-22-14/h10-11H,3-9H2,1-2H3,(H,19,22)(H2,18,20,21). The molecule has 0 saturated carbocycles. The lowest BCUT2D eigenvalue weighted by atomic mass is 10.3. The van der Waals surface area contributed by atoms with Crippen LogP contribution >= 0.6 is 23.2 Å². The van der Waals surface area contributed by atoms with Crippen molar-refractivity contribution in [3.05, 3.63) is 22.3 Å². The Morgan fingerprint density at radius 3 is 2.70 bits per heavy atom. The summed E-state index contributed by atoms with van der Waals surface area (Å²) in [5, 5.41) is 10.7. The molecule has 130 valence electrons. The molecule has 0 aromatic carbocycles. The third kappa shape index (κ3) is 8.83. The van der Waals surface area contributed by atoms with Crippen LogP contribution in [0.5, 0.6) is 0 Å². The van der Waals surface area contributed by atoms with Crippen LogP contribution < -0.4 is 16.0 Å². The second kappa shape index (κ2) is 12.2. The molecule has 0 radical (unpaired) electrons. The van der Waals surface area contributed by atoms with Crippen molar-refractivity contribution < 1.29 is 4.74 Å². The van der Waals surface area contributed by atoms with Gasteiger partial charge in [-0.1, -0.05) is 23.2 Å². The van der Waals surface area contributed by atoms with Crippen molar-refractivity contribution in [2.24, 2.45) is 4.99 Å². The lowest BCUT2D eigenvalue weighted by molar-refractivity contribution is 0.143. The zero-order chi connectivity index (χ0) is 16.9. The lowest BCUT2D eigenvalue weighted by Crippen LogP contribution is -2.40. The van der Waals surface area contributed by atoms with Crippen LogP contribution in [0.25, 0.3) is 0 Å². The Hall–Kier alpha value is -1.24. The molecule has 1 heterocycles. The summed E-state index contributed by atoms with van der Waals surface area (Å²) >= 11 is 11.9. The van der Waals surface area contributed by atoms with Gasteiger partial charge in [0.15, 0.2) is 5.96 Å². The molecular formula is C15H25Cl2N5O. The summed E-state index contributed by atoms with van der Waals surface area (Å²) in [6, 6.07) is 1.66. The minimum atomic E-state index is 0.509. The molecule has 1 rings (SSSR count). The molecule has 8 heteroatoms. The first kappa shape index (κ1) is 19.8. The fourth-order valence-corrected chi connectivity index (χ4v) is 2.25. The highest BCUT2D eigenvalue weighted by molar-refractivity contribution is 6.35. The molecule has 0 aliphatic carbocycles. The van der Waals surface area contributed by atoms with Gasteiger partial charge in [0, 0.05) is 46.1 Å². The van der Waals surface area contributed by atoms with Gasteiger partial charge in [-0.2, -0.15) is 0 Å². The zero-order valence-corrected chi connectivity index (χ0v) is 15.2. The number of nitrogens with zero attached hydrogens (tertiary/aromatic N) is 2. The summed E-state index contributed by atoms with van der Waals surface area (Å²) in [6.07, 6.45) is 3.65. The average Bonchev–Trinajstić information content (AvgIpc) is 2.54. The molecular weight excluding hydrogens is 337 g/mol. The third-order valence-electron chi connectivity index (χ3n) is 2.95. The number of nitrogens with one attached hydrogen (secondary N) is 3. The first-order valence-electron chi connectivity index (χ1n) is 7.74. The maximum atomic E-state index is 6.04. The number of unbranched alkanes of at least 4 members (excludes halogenated alkanes) is 1. The second-order valence-corrected chi connectivity index (χ2v) is 5.58. The van der Waals surface area contributed by atoms with Crippen molar-refractivity contribution in [2.45, 2.75) is 19.8 Å². The molecule has 6 nitrogen and oxygen atoms in total. The quantitative estimate of drug-likeness (QED) is 0.339.